The molecule has 0 spiro atoms. The fourth-order valence-corrected chi connectivity index (χ4v) is 6.33. The maximum absolute atomic E-state index is 5.62. The first-order valence-electron chi connectivity index (χ1n) is 8.15. The quantitative estimate of drug-likeness (QED) is 0.645. The summed E-state index contributed by atoms with van der Waals surface area (Å²) < 4.78 is 16.9. The SMILES string of the molecule is CO[Si](OC)(OC)C1CCN1CCCC1CCCCC1. The summed E-state index contributed by atoms with van der Waals surface area (Å²) in [7, 11) is 2.70. The summed E-state index contributed by atoms with van der Waals surface area (Å²) in [4.78, 5) is 2.51. The normalized spacial score (nSPS) is 25.6. The molecule has 0 aromatic carbocycles. The highest BCUT2D eigenvalue weighted by Gasteiger charge is 2.53. The Morgan fingerprint density at radius 3 is 2.10 bits per heavy atom. The zero-order valence-corrected chi connectivity index (χ0v) is 14.4. The van der Waals surface area contributed by atoms with Gasteiger partial charge in [-0.3, -0.25) is 4.90 Å². The molecule has 2 fully saturated rings. The van der Waals surface area contributed by atoms with Crippen LogP contribution < -0.4 is 0 Å². The second-order valence-corrected chi connectivity index (χ2v) is 9.30. The van der Waals surface area contributed by atoms with Crippen molar-refractivity contribution < 1.29 is 13.3 Å². The molecule has 5 heteroatoms. The molecule has 0 radical (unpaired) electrons. The van der Waals surface area contributed by atoms with Crippen molar-refractivity contribution >= 4 is 8.80 Å². The first kappa shape index (κ1) is 16.4. The van der Waals surface area contributed by atoms with E-state index in [0.29, 0.717) is 5.67 Å². The highest BCUT2D eigenvalue weighted by Crippen LogP contribution is 2.31. The van der Waals surface area contributed by atoms with Crippen molar-refractivity contribution in [3.63, 3.8) is 0 Å². The van der Waals surface area contributed by atoms with Crippen molar-refractivity contribution in [2.45, 2.75) is 57.0 Å². The minimum atomic E-state index is -2.46. The van der Waals surface area contributed by atoms with Crippen LogP contribution in [0.1, 0.15) is 51.4 Å². The number of likely N-dealkylation sites (tertiary alicyclic amines) is 1. The third-order valence-corrected chi connectivity index (χ3v) is 8.35. The molecule has 1 unspecified atom stereocenters. The molecule has 0 N–H and O–H groups in total. The summed E-state index contributed by atoms with van der Waals surface area (Å²) in [5, 5.41) is 0. The lowest BCUT2D eigenvalue weighted by molar-refractivity contribution is 0.0308. The van der Waals surface area contributed by atoms with E-state index in [0.717, 1.165) is 12.3 Å². The van der Waals surface area contributed by atoms with Crippen molar-refractivity contribution in [2.75, 3.05) is 34.4 Å². The van der Waals surface area contributed by atoms with Crippen molar-refractivity contribution in [1.82, 2.24) is 4.90 Å². The molecule has 1 atom stereocenters. The fraction of sp³-hybridized carbons (Fsp3) is 1.00. The van der Waals surface area contributed by atoms with Crippen LogP contribution in [0.3, 0.4) is 0 Å². The van der Waals surface area contributed by atoms with Crippen LogP contribution in [0.5, 0.6) is 0 Å². The van der Waals surface area contributed by atoms with Gasteiger partial charge in [0.2, 0.25) is 0 Å². The number of hydrogen-bond donors (Lipinski definition) is 0. The van der Waals surface area contributed by atoms with E-state index in [4.69, 9.17) is 13.3 Å². The topological polar surface area (TPSA) is 30.9 Å². The zero-order valence-electron chi connectivity index (χ0n) is 13.4. The van der Waals surface area contributed by atoms with Crippen LogP contribution in [0.4, 0.5) is 0 Å². The summed E-state index contributed by atoms with van der Waals surface area (Å²) in [6, 6.07) is 0. The molecule has 118 valence electrons. The van der Waals surface area contributed by atoms with E-state index in [1.165, 1.54) is 58.0 Å². The van der Waals surface area contributed by atoms with Crippen LogP contribution in [0.25, 0.3) is 0 Å². The van der Waals surface area contributed by atoms with Gasteiger partial charge in [0.1, 0.15) is 0 Å². The van der Waals surface area contributed by atoms with Gasteiger partial charge in [-0.05, 0) is 38.3 Å². The minimum absolute atomic E-state index is 0.369. The molecule has 0 aromatic heterocycles. The molecule has 2 rings (SSSR count). The Hall–Kier alpha value is 0.0569. The summed E-state index contributed by atoms with van der Waals surface area (Å²) in [5.74, 6) is 0.984. The molecular weight excluding hydrogens is 270 g/mol. The average Bonchev–Trinajstić information content (AvgIpc) is 2.49. The monoisotopic (exact) mass is 301 g/mol. The van der Waals surface area contributed by atoms with Gasteiger partial charge in [0, 0.05) is 21.3 Å². The molecule has 0 aromatic rings. The highest BCUT2D eigenvalue weighted by atomic mass is 28.4. The molecule has 0 amide bonds. The van der Waals surface area contributed by atoms with Gasteiger partial charge in [-0.2, -0.15) is 0 Å². The van der Waals surface area contributed by atoms with E-state index in [2.05, 4.69) is 4.90 Å². The van der Waals surface area contributed by atoms with Crippen molar-refractivity contribution in [2.24, 2.45) is 5.92 Å². The number of nitrogens with zero attached hydrogens (tertiary/aromatic N) is 1. The third-order valence-electron chi connectivity index (χ3n) is 5.17. The smallest absolute Gasteiger partial charge is 0.376 e. The molecule has 1 aliphatic carbocycles. The second-order valence-electron chi connectivity index (χ2n) is 6.20. The van der Waals surface area contributed by atoms with Gasteiger partial charge >= 0.3 is 8.80 Å². The summed E-state index contributed by atoms with van der Waals surface area (Å²) in [6.45, 7) is 2.34. The maximum atomic E-state index is 5.62. The lowest BCUT2D eigenvalue weighted by atomic mass is 9.86. The van der Waals surface area contributed by atoms with Crippen molar-refractivity contribution in [1.29, 1.82) is 0 Å². The van der Waals surface area contributed by atoms with E-state index in [1.807, 2.05) is 0 Å². The van der Waals surface area contributed by atoms with E-state index in [1.54, 1.807) is 21.3 Å². The van der Waals surface area contributed by atoms with E-state index in [-0.39, 0.29) is 0 Å². The van der Waals surface area contributed by atoms with Crippen molar-refractivity contribution in [3.05, 3.63) is 0 Å². The molecule has 0 bridgehead atoms. The van der Waals surface area contributed by atoms with Gasteiger partial charge in [-0.1, -0.05) is 32.1 Å². The third kappa shape index (κ3) is 3.63. The van der Waals surface area contributed by atoms with E-state index >= 15 is 0 Å². The number of rotatable bonds is 8. The van der Waals surface area contributed by atoms with Gasteiger partial charge < -0.3 is 13.3 Å². The molecule has 4 nitrogen and oxygen atoms in total. The molecule has 2 aliphatic rings. The second kappa shape index (κ2) is 7.89. The van der Waals surface area contributed by atoms with Crippen LogP contribution in [-0.4, -0.2) is 53.8 Å². The molecule has 1 aliphatic heterocycles. The summed E-state index contributed by atoms with van der Waals surface area (Å²) in [5.41, 5.74) is 0.369. The van der Waals surface area contributed by atoms with E-state index < -0.39 is 8.80 Å². The Kier molecular flexibility index (Phi) is 6.48. The minimum Gasteiger partial charge on any atom is -0.376 e. The van der Waals surface area contributed by atoms with Gasteiger partial charge in [0.25, 0.3) is 0 Å². The predicted molar refractivity (Wildman–Crippen MR) is 82.6 cm³/mol. The number of hydrogen-bond acceptors (Lipinski definition) is 4. The van der Waals surface area contributed by atoms with Gasteiger partial charge in [-0.25, -0.2) is 0 Å². The molecule has 20 heavy (non-hydrogen) atoms. The first-order valence-corrected chi connectivity index (χ1v) is 9.95. The van der Waals surface area contributed by atoms with Gasteiger partial charge in [0.15, 0.2) is 0 Å². The summed E-state index contributed by atoms with van der Waals surface area (Å²) >= 11 is 0. The van der Waals surface area contributed by atoms with Crippen LogP contribution in [-0.2, 0) is 13.3 Å². The lowest BCUT2D eigenvalue weighted by Gasteiger charge is -2.47. The predicted octanol–water partition coefficient (Wildman–Crippen LogP) is 2.84. The Bertz CT molecular complexity index is 272. The van der Waals surface area contributed by atoms with Gasteiger partial charge in [0.05, 0.1) is 5.67 Å². The fourth-order valence-electron chi connectivity index (χ4n) is 3.83. The Morgan fingerprint density at radius 1 is 0.950 bits per heavy atom. The largest absolute Gasteiger partial charge is 0.518 e. The maximum Gasteiger partial charge on any atom is 0.518 e. The Labute approximate surface area is 125 Å². The molecular formula is C15H31NO3Si. The standard InChI is InChI=1S/C15H31NO3Si/c1-17-20(18-2,19-3)15-11-13-16(15)12-7-10-14-8-5-4-6-9-14/h14-15H,4-13H2,1-3H3. The summed E-state index contributed by atoms with van der Waals surface area (Å²) in [6.07, 6.45) is 11.1. The zero-order chi connectivity index (χ0) is 14.4. The van der Waals surface area contributed by atoms with Gasteiger partial charge in [-0.15, -0.1) is 0 Å². The first-order chi connectivity index (χ1) is 9.75. The molecule has 1 heterocycles. The molecule has 1 saturated heterocycles. The van der Waals surface area contributed by atoms with Crippen LogP contribution in [0.15, 0.2) is 0 Å². The van der Waals surface area contributed by atoms with Crippen LogP contribution in [0.2, 0.25) is 0 Å². The Morgan fingerprint density at radius 2 is 1.60 bits per heavy atom. The van der Waals surface area contributed by atoms with E-state index in [9.17, 15) is 0 Å². The van der Waals surface area contributed by atoms with Crippen LogP contribution >= 0.6 is 0 Å². The lowest BCUT2D eigenvalue weighted by Crippen LogP contribution is -2.67. The Balaban J connectivity index is 1.73. The van der Waals surface area contributed by atoms with Crippen LogP contribution in [0, 0.1) is 5.92 Å². The van der Waals surface area contributed by atoms with Crippen molar-refractivity contribution in [3.8, 4) is 0 Å². The molecule has 1 saturated carbocycles. The highest BCUT2D eigenvalue weighted by molar-refractivity contribution is 6.62. The average molecular weight is 302 g/mol.